The highest BCUT2D eigenvalue weighted by atomic mass is 19.1. The molecule has 0 aliphatic heterocycles. The standard InChI is InChI=1S/C15H17FO3/c16-10-4-5-13(19-11-2-1-3-11)12(8-10)15(6-7-15)9-14(17)18/h4-5,8,11H,1-3,6-7,9H2,(H,17,18). The number of halogens is 1. The van der Waals surface area contributed by atoms with Crippen molar-refractivity contribution in [1.82, 2.24) is 0 Å². The van der Waals surface area contributed by atoms with E-state index in [0.29, 0.717) is 5.75 Å². The molecule has 2 fully saturated rings. The number of carbonyl (C=O) groups is 1. The molecule has 0 atom stereocenters. The first-order chi connectivity index (χ1) is 9.09. The van der Waals surface area contributed by atoms with Crippen LogP contribution >= 0.6 is 0 Å². The van der Waals surface area contributed by atoms with Gasteiger partial charge < -0.3 is 9.84 Å². The van der Waals surface area contributed by atoms with E-state index in [9.17, 15) is 9.18 Å². The lowest BCUT2D eigenvalue weighted by Gasteiger charge is -2.29. The lowest BCUT2D eigenvalue weighted by Crippen LogP contribution is -2.26. The summed E-state index contributed by atoms with van der Waals surface area (Å²) in [6, 6.07) is 4.48. The van der Waals surface area contributed by atoms with Crippen molar-refractivity contribution in [1.29, 1.82) is 0 Å². The van der Waals surface area contributed by atoms with Gasteiger partial charge in [-0.2, -0.15) is 0 Å². The minimum Gasteiger partial charge on any atom is -0.490 e. The molecule has 2 saturated carbocycles. The van der Waals surface area contributed by atoms with Crippen molar-refractivity contribution >= 4 is 5.97 Å². The maximum absolute atomic E-state index is 13.5. The third-order valence-corrected chi connectivity index (χ3v) is 4.20. The number of rotatable bonds is 5. The highest BCUT2D eigenvalue weighted by molar-refractivity contribution is 5.70. The molecule has 3 nitrogen and oxygen atoms in total. The van der Waals surface area contributed by atoms with Crippen LogP contribution in [0, 0.1) is 5.82 Å². The summed E-state index contributed by atoms with van der Waals surface area (Å²) >= 11 is 0. The lowest BCUT2D eigenvalue weighted by molar-refractivity contribution is -0.137. The van der Waals surface area contributed by atoms with Gasteiger partial charge in [0.05, 0.1) is 12.5 Å². The van der Waals surface area contributed by atoms with Crippen molar-refractivity contribution in [3.05, 3.63) is 29.6 Å². The molecule has 0 heterocycles. The van der Waals surface area contributed by atoms with E-state index in [1.54, 1.807) is 6.07 Å². The molecule has 19 heavy (non-hydrogen) atoms. The first-order valence-electron chi connectivity index (χ1n) is 6.78. The Labute approximate surface area is 111 Å². The molecule has 4 heteroatoms. The number of hydrogen-bond donors (Lipinski definition) is 1. The Kier molecular flexibility index (Phi) is 2.96. The van der Waals surface area contributed by atoms with E-state index in [4.69, 9.17) is 9.84 Å². The van der Waals surface area contributed by atoms with Crippen molar-refractivity contribution < 1.29 is 19.0 Å². The molecule has 102 valence electrons. The Morgan fingerprint density at radius 1 is 1.42 bits per heavy atom. The number of aliphatic carboxylic acids is 1. The predicted octanol–water partition coefficient (Wildman–Crippen LogP) is 3.26. The summed E-state index contributed by atoms with van der Waals surface area (Å²) in [6.45, 7) is 0. The van der Waals surface area contributed by atoms with Crippen LogP contribution < -0.4 is 4.74 Å². The Morgan fingerprint density at radius 2 is 2.16 bits per heavy atom. The number of benzene rings is 1. The maximum Gasteiger partial charge on any atom is 0.304 e. The van der Waals surface area contributed by atoms with Gasteiger partial charge in [-0.15, -0.1) is 0 Å². The molecule has 0 saturated heterocycles. The Hall–Kier alpha value is -1.58. The fraction of sp³-hybridized carbons (Fsp3) is 0.533. The molecular formula is C15H17FO3. The van der Waals surface area contributed by atoms with Crippen LogP contribution in [0.3, 0.4) is 0 Å². The molecule has 2 aliphatic rings. The summed E-state index contributed by atoms with van der Waals surface area (Å²) in [5, 5.41) is 9.02. The Balaban J connectivity index is 1.89. The van der Waals surface area contributed by atoms with Gasteiger partial charge in [0.25, 0.3) is 0 Å². The highest BCUT2D eigenvalue weighted by Gasteiger charge is 2.48. The Morgan fingerprint density at radius 3 is 2.68 bits per heavy atom. The summed E-state index contributed by atoms with van der Waals surface area (Å²) < 4.78 is 19.4. The molecule has 1 N–H and O–H groups in total. The molecule has 0 bridgehead atoms. The van der Waals surface area contributed by atoms with Gasteiger partial charge in [-0.3, -0.25) is 4.79 Å². The fourth-order valence-electron chi connectivity index (χ4n) is 2.67. The van der Waals surface area contributed by atoms with Crippen LogP contribution in [0.5, 0.6) is 5.75 Å². The van der Waals surface area contributed by atoms with Crippen molar-refractivity contribution in [3.8, 4) is 5.75 Å². The van der Waals surface area contributed by atoms with Crippen LogP contribution in [0.1, 0.15) is 44.1 Å². The number of ether oxygens (including phenoxy) is 1. The molecule has 1 aromatic carbocycles. The average Bonchev–Trinajstić information content (AvgIpc) is 3.05. The summed E-state index contributed by atoms with van der Waals surface area (Å²) in [5.74, 6) is -0.492. The molecule has 2 aliphatic carbocycles. The van der Waals surface area contributed by atoms with Gasteiger partial charge in [-0.05, 0) is 50.3 Å². The molecule has 0 spiro atoms. The first kappa shape index (κ1) is 12.5. The smallest absolute Gasteiger partial charge is 0.304 e. The molecule has 0 radical (unpaired) electrons. The SMILES string of the molecule is O=C(O)CC1(c2cc(F)ccc2OC2CCC2)CC1. The van der Waals surface area contributed by atoms with Crippen molar-refractivity contribution in [2.24, 2.45) is 0 Å². The van der Waals surface area contributed by atoms with E-state index < -0.39 is 11.4 Å². The lowest BCUT2D eigenvalue weighted by atomic mass is 9.90. The summed E-state index contributed by atoms with van der Waals surface area (Å²) in [4.78, 5) is 11.0. The van der Waals surface area contributed by atoms with Gasteiger partial charge in [0.2, 0.25) is 0 Å². The first-order valence-corrected chi connectivity index (χ1v) is 6.78. The molecule has 1 aromatic rings. The Bertz CT molecular complexity index is 504. The van der Waals surface area contributed by atoms with Crippen LogP contribution in [-0.2, 0) is 10.2 Å². The number of hydrogen-bond acceptors (Lipinski definition) is 2. The van der Waals surface area contributed by atoms with Crippen LogP contribution in [0.25, 0.3) is 0 Å². The average molecular weight is 264 g/mol. The highest BCUT2D eigenvalue weighted by Crippen LogP contribution is 2.54. The summed E-state index contributed by atoms with van der Waals surface area (Å²) in [7, 11) is 0. The van der Waals surface area contributed by atoms with E-state index in [-0.39, 0.29) is 18.3 Å². The van der Waals surface area contributed by atoms with Gasteiger partial charge >= 0.3 is 5.97 Å². The summed E-state index contributed by atoms with van der Waals surface area (Å²) in [6.07, 6.45) is 5.09. The fourth-order valence-corrected chi connectivity index (χ4v) is 2.67. The minimum atomic E-state index is -0.837. The zero-order chi connectivity index (χ0) is 13.5. The molecule has 0 amide bonds. The van der Waals surface area contributed by atoms with Crippen LogP contribution in [0.15, 0.2) is 18.2 Å². The second kappa shape index (κ2) is 4.51. The van der Waals surface area contributed by atoms with Crippen molar-refractivity contribution in [2.45, 2.75) is 50.0 Å². The minimum absolute atomic E-state index is 0.0531. The van der Waals surface area contributed by atoms with Crippen LogP contribution in [0.2, 0.25) is 0 Å². The topological polar surface area (TPSA) is 46.5 Å². The quantitative estimate of drug-likeness (QED) is 0.887. The second-order valence-corrected chi connectivity index (χ2v) is 5.66. The van der Waals surface area contributed by atoms with Crippen LogP contribution in [0.4, 0.5) is 4.39 Å². The van der Waals surface area contributed by atoms with Gasteiger partial charge in [0, 0.05) is 11.0 Å². The second-order valence-electron chi connectivity index (χ2n) is 5.66. The summed E-state index contributed by atoms with van der Waals surface area (Å²) in [5.41, 5.74) is 0.328. The van der Waals surface area contributed by atoms with E-state index >= 15 is 0 Å². The third kappa shape index (κ3) is 2.44. The monoisotopic (exact) mass is 264 g/mol. The number of carboxylic acid groups (broad SMARTS) is 1. The predicted molar refractivity (Wildman–Crippen MR) is 67.8 cm³/mol. The zero-order valence-corrected chi connectivity index (χ0v) is 10.7. The maximum atomic E-state index is 13.5. The van der Waals surface area contributed by atoms with Crippen molar-refractivity contribution in [2.75, 3.05) is 0 Å². The zero-order valence-electron chi connectivity index (χ0n) is 10.7. The van der Waals surface area contributed by atoms with Crippen molar-refractivity contribution in [3.63, 3.8) is 0 Å². The van der Waals surface area contributed by atoms with Gasteiger partial charge in [-0.25, -0.2) is 4.39 Å². The third-order valence-electron chi connectivity index (χ3n) is 4.20. The van der Waals surface area contributed by atoms with Gasteiger partial charge in [0.15, 0.2) is 0 Å². The van der Waals surface area contributed by atoms with Gasteiger partial charge in [-0.1, -0.05) is 0 Å². The molecular weight excluding hydrogens is 247 g/mol. The molecule has 0 aromatic heterocycles. The largest absolute Gasteiger partial charge is 0.490 e. The van der Waals surface area contributed by atoms with E-state index in [1.165, 1.54) is 18.6 Å². The van der Waals surface area contributed by atoms with Crippen LogP contribution in [-0.4, -0.2) is 17.2 Å². The normalized spacial score (nSPS) is 20.7. The van der Waals surface area contributed by atoms with E-state index in [2.05, 4.69) is 0 Å². The van der Waals surface area contributed by atoms with Gasteiger partial charge in [0.1, 0.15) is 11.6 Å². The molecule has 0 unspecified atom stereocenters. The molecule has 3 rings (SSSR count). The van der Waals surface area contributed by atoms with E-state index in [0.717, 1.165) is 31.2 Å². The van der Waals surface area contributed by atoms with E-state index in [1.807, 2.05) is 0 Å². The number of carboxylic acids is 1.